The van der Waals surface area contributed by atoms with Gasteiger partial charge in [0, 0.05) is 24.8 Å². The van der Waals surface area contributed by atoms with Gasteiger partial charge in [-0.15, -0.1) is 0 Å². The first-order chi connectivity index (χ1) is 13.8. The number of hydrogen-bond donors (Lipinski definition) is 3. The van der Waals surface area contributed by atoms with E-state index in [1.807, 2.05) is 4.98 Å². The number of piperidine rings is 1. The Kier molecular flexibility index (Phi) is 6.94. The third-order valence-electron chi connectivity index (χ3n) is 5.88. The highest BCUT2D eigenvalue weighted by Gasteiger charge is 2.36. The van der Waals surface area contributed by atoms with Crippen LogP contribution in [0, 0.1) is 12.8 Å². The summed E-state index contributed by atoms with van der Waals surface area (Å²) in [6, 6.07) is 0.152. The second-order valence-electron chi connectivity index (χ2n) is 8.12. The van der Waals surface area contributed by atoms with Crippen LogP contribution in [0.5, 0.6) is 0 Å². The molecular formula is C19H30N4O5S. The minimum absolute atomic E-state index is 0.000143. The van der Waals surface area contributed by atoms with Crippen LogP contribution in [0.4, 0.5) is 0 Å². The summed E-state index contributed by atoms with van der Waals surface area (Å²) in [4.78, 5) is 40.1. The predicted molar refractivity (Wildman–Crippen MR) is 108 cm³/mol. The molecule has 9 nitrogen and oxygen atoms in total. The lowest BCUT2D eigenvalue weighted by atomic mass is 9.94. The molecule has 10 heteroatoms. The molecule has 2 fully saturated rings. The Labute approximate surface area is 170 Å². The fourth-order valence-electron chi connectivity index (χ4n) is 4.32. The zero-order chi connectivity index (χ0) is 21.0. The molecule has 3 rings (SSSR count). The smallest absolute Gasteiger partial charge is 0.325 e. The van der Waals surface area contributed by atoms with E-state index in [1.54, 1.807) is 0 Å². The first kappa shape index (κ1) is 21.8. The first-order valence-corrected chi connectivity index (χ1v) is 11.9. The molecule has 2 aliphatic rings. The van der Waals surface area contributed by atoms with Crippen molar-refractivity contribution in [3.05, 3.63) is 26.5 Å². The second-order valence-corrected chi connectivity index (χ2v) is 9.99. The van der Waals surface area contributed by atoms with Crippen LogP contribution in [-0.2, 0) is 14.8 Å². The topological polar surface area (TPSA) is 132 Å². The summed E-state index contributed by atoms with van der Waals surface area (Å²) in [5.74, 6) is -0.548. The number of nitrogens with one attached hydrogen (secondary N) is 3. The summed E-state index contributed by atoms with van der Waals surface area (Å²) in [5, 5.41) is 3.12. The summed E-state index contributed by atoms with van der Waals surface area (Å²) in [5.41, 5.74) is -1.69. The third-order valence-corrected chi connectivity index (χ3v) is 7.90. The quantitative estimate of drug-likeness (QED) is 0.661. The molecule has 0 radical (unpaired) electrons. The lowest BCUT2D eigenvalue weighted by Gasteiger charge is -2.32. The van der Waals surface area contributed by atoms with E-state index in [0.29, 0.717) is 12.8 Å². The van der Waals surface area contributed by atoms with E-state index >= 15 is 0 Å². The number of nitrogens with zero attached hydrogens (tertiary/aromatic N) is 1. The number of aromatic amines is 2. The summed E-state index contributed by atoms with van der Waals surface area (Å²) in [7, 11) is -4.11. The largest absolute Gasteiger partial charge is 0.353 e. The molecule has 0 spiro atoms. The lowest BCUT2D eigenvalue weighted by Crippen LogP contribution is -2.48. The number of sulfonamides is 1. The molecule has 29 heavy (non-hydrogen) atoms. The Bertz CT molecular complexity index is 944. The molecule has 1 aliphatic heterocycles. The van der Waals surface area contributed by atoms with E-state index in [-0.39, 0.29) is 30.7 Å². The Morgan fingerprint density at radius 3 is 2.31 bits per heavy atom. The van der Waals surface area contributed by atoms with Crippen molar-refractivity contribution in [2.75, 3.05) is 13.1 Å². The van der Waals surface area contributed by atoms with E-state index < -0.39 is 32.1 Å². The number of rotatable bonds is 4. The normalized spacial score (nSPS) is 22.6. The zero-order valence-electron chi connectivity index (χ0n) is 16.8. The van der Waals surface area contributed by atoms with Gasteiger partial charge < -0.3 is 10.3 Å². The van der Waals surface area contributed by atoms with Crippen molar-refractivity contribution in [3.63, 3.8) is 0 Å². The maximum absolute atomic E-state index is 13.0. The van der Waals surface area contributed by atoms with Crippen LogP contribution < -0.4 is 16.6 Å². The van der Waals surface area contributed by atoms with Gasteiger partial charge in [-0.05, 0) is 32.6 Å². The zero-order valence-corrected chi connectivity index (χ0v) is 17.6. The van der Waals surface area contributed by atoms with Crippen LogP contribution in [0.15, 0.2) is 14.5 Å². The Hall–Kier alpha value is -1.94. The predicted octanol–water partition coefficient (Wildman–Crippen LogP) is 1.00. The molecule has 1 amide bonds. The van der Waals surface area contributed by atoms with Crippen molar-refractivity contribution in [2.45, 2.75) is 75.6 Å². The number of aromatic nitrogens is 2. The Balaban J connectivity index is 1.72. The van der Waals surface area contributed by atoms with Gasteiger partial charge in [-0.3, -0.25) is 14.6 Å². The average molecular weight is 427 g/mol. The number of aryl methyl sites for hydroxylation is 1. The maximum atomic E-state index is 13.0. The van der Waals surface area contributed by atoms with Crippen molar-refractivity contribution in [2.24, 2.45) is 5.92 Å². The van der Waals surface area contributed by atoms with Crippen molar-refractivity contribution >= 4 is 15.9 Å². The van der Waals surface area contributed by atoms with Crippen molar-refractivity contribution in [1.29, 1.82) is 0 Å². The van der Waals surface area contributed by atoms with E-state index in [9.17, 15) is 22.8 Å². The fourth-order valence-corrected chi connectivity index (χ4v) is 6.05. The molecule has 3 N–H and O–H groups in total. The summed E-state index contributed by atoms with van der Waals surface area (Å²) < 4.78 is 27.3. The summed E-state index contributed by atoms with van der Waals surface area (Å²) >= 11 is 0. The second kappa shape index (κ2) is 9.25. The van der Waals surface area contributed by atoms with Crippen LogP contribution in [-0.4, -0.2) is 47.7 Å². The molecule has 0 bridgehead atoms. The number of carbonyl (C=O) groups excluding carboxylic acids is 1. The van der Waals surface area contributed by atoms with Gasteiger partial charge in [-0.1, -0.05) is 32.1 Å². The van der Waals surface area contributed by atoms with E-state index in [1.165, 1.54) is 30.5 Å². The Morgan fingerprint density at radius 2 is 1.66 bits per heavy atom. The fraction of sp³-hybridized carbons (Fsp3) is 0.737. The van der Waals surface area contributed by atoms with E-state index in [0.717, 1.165) is 25.7 Å². The van der Waals surface area contributed by atoms with Gasteiger partial charge in [0.1, 0.15) is 0 Å². The number of amides is 1. The molecule has 1 aromatic rings. The van der Waals surface area contributed by atoms with Crippen LogP contribution in [0.3, 0.4) is 0 Å². The standard InChI is InChI=1S/C19H30N4O5S/c1-13-16(18(25)22-19(26)20-13)29(27,28)23-11-7-8-14(12-23)17(24)21-15-9-5-3-2-4-6-10-15/h14-15H,2-12H2,1H3,(H,21,24)(H2,20,22,25,26)/t14-/m1/s1. The first-order valence-electron chi connectivity index (χ1n) is 10.4. The molecule has 1 atom stereocenters. The molecule has 0 aromatic carbocycles. The highest BCUT2D eigenvalue weighted by Crippen LogP contribution is 2.24. The number of hydrogen-bond acceptors (Lipinski definition) is 5. The van der Waals surface area contributed by atoms with Crippen LogP contribution >= 0.6 is 0 Å². The van der Waals surface area contributed by atoms with Gasteiger partial charge in [0.2, 0.25) is 15.9 Å². The molecule has 0 unspecified atom stereocenters. The monoisotopic (exact) mass is 426 g/mol. The number of carbonyl (C=O) groups is 1. The molecule has 1 aliphatic carbocycles. The molecule has 2 heterocycles. The molecule has 1 saturated heterocycles. The van der Waals surface area contributed by atoms with E-state index in [4.69, 9.17) is 0 Å². The summed E-state index contributed by atoms with van der Waals surface area (Å²) in [6.45, 7) is 1.67. The SMILES string of the molecule is Cc1[nH]c(=O)[nH]c(=O)c1S(=O)(=O)N1CCC[C@@H](C(=O)NC2CCCCCCC2)C1. The van der Waals surface area contributed by atoms with Gasteiger partial charge in [0.05, 0.1) is 5.92 Å². The number of H-pyrrole nitrogens is 2. The van der Waals surface area contributed by atoms with Crippen LogP contribution in [0.2, 0.25) is 0 Å². The van der Waals surface area contributed by atoms with Gasteiger partial charge in [0.25, 0.3) is 5.56 Å². The van der Waals surface area contributed by atoms with Crippen molar-refractivity contribution in [3.8, 4) is 0 Å². The summed E-state index contributed by atoms with van der Waals surface area (Å²) in [6.07, 6.45) is 8.92. The highest BCUT2D eigenvalue weighted by molar-refractivity contribution is 7.89. The lowest BCUT2D eigenvalue weighted by molar-refractivity contribution is -0.126. The third kappa shape index (κ3) is 5.16. The van der Waals surface area contributed by atoms with E-state index in [2.05, 4.69) is 10.3 Å². The van der Waals surface area contributed by atoms with Crippen LogP contribution in [0.25, 0.3) is 0 Å². The molecular weight excluding hydrogens is 396 g/mol. The van der Waals surface area contributed by atoms with Crippen molar-refractivity contribution in [1.82, 2.24) is 19.6 Å². The van der Waals surface area contributed by atoms with Gasteiger partial charge in [0.15, 0.2) is 4.90 Å². The maximum Gasteiger partial charge on any atom is 0.325 e. The average Bonchev–Trinajstić information content (AvgIpc) is 2.62. The Morgan fingerprint density at radius 1 is 1.00 bits per heavy atom. The minimum Gasteiger partial charge on any atom is -0.353 e. The van der Waals surface area contributed by atoms with Crippen molar-refractivity contribution < 1.29 is 13.2 Å². The van der Waals surface area contributed by atoms with Gasteiger partial charge in [-0.25, -0.2) is 13.2 Å². The molecule has 1 aromatic heterocycles. The highest BCUT2D eigenvalue weighted by atomic mass is 32.2. The minimum atomic E-state index is -4.11. The van der Waals surface area contributed by atoms with Crippen LogP contribution in [0.1, 0.15) is 63.5 Å². The van der Waals surface area contributed by atoms with Gasteiger partial charge in [-0.2, -0.15) is 4.31 Å². The van der Waals surface area contributed by atoms with Gasteiger partial charge >= 0.3 is 5.69 Å². The molecule has 1 saturated carbocycles. The molecule has 162 valence electrons.